The Kier molecular flexibility index (Phi) is 6.37. The minimum absolute atomic E-state index is 0.0831. The molecule has 0 saturated carbocycles. The molecule has 0 spiro atoms. The Labute approximate surface area is 193 Å². The van der Waals surface area contributed by atoms with E-state index in [4.69, 9.17) is 9.47 Å². The smallest absolute Gasteiger partial charge is 0.411 e. The van der Waals surface area contributed by atoms with Crippen LogP contribution in [0.2, 0.25) is 0 Å². The number of nitrogens with one attached hydrogen (secondary N) is 1. The Morgan fingerprint density at radius 3 is 2.52 bits per heavy atom. The molecule has 0 aliphatic carbocycles. The molecule has 33 heavy (non-hydrogen) atoms. The summed E-state index contributed by atoms with van der Waals surface area (Å²) in [6.07, 6.45) is -0.614. The molecule has 0 bridgehead atoms. The molecule has 2 aliphatic rings. The Hall–Kier alpha value is -3.39. The van der Waals surface area contributed by atoms with Crippen molar-refractivity contribution in [3.8, 4) is 0 Å². The van der Waals surface area contributed by atoms with Gasteiger partial charge in [0.15, 0.2) is 0 Å². The van der Waals surface area contributed by atoms with Gasteiger partial charge >= 0.3 is 6.09 Å². The molecular formula is C25H29N3O5. The van der Waals surface area contributed by atoms with Crippen molar-refractivity contribution in [1.82, 2.24) is 10.2 Å². The molecule has 2 aromatic carbocycles. The topological polar surface area (TPSA) is 88.2 Å². The second-order valence-corrected chi connectivity index (χ2v) is 8.51. The van der Waals surface area contributed by atoms with E-state index in [1.807, 2.05) is 54.6 Å². The van der Waals surface area contributed by atoms with Crippen LogP contribution >= 0.6 is 0 Å². The summed E-state index contributed by atoms with van der Waals surface area (Å²) in [7, 11) is 3.15. The van der Waals surface area contributed by atoms with E-state index in [-0.39, 0.29) is 25.0 Å². The fraction of sp³-hybridized carbons (Fsp3) is 0.400. The van der Waals surface area contributed by atoms with Gasteiger partial charge in [0.25, 0.3) is 5.91 Å². The standard InChI is InChI=1S/C25H29N3O5/c1-25-21(18-11-7-8-12-20(18)27(23(25)30)13-14-32-3)19(22(29)26-2)15-28(25)24(31)33-16-17-9-5-4-6-10-17/h4-12,19,21H,13-16H2,1-3H3,(H,26,29)/t19-,21+,25-/m0/s1. The van der Waals surface area contributed by atoms with Crippen molar-refractivity contribution in [3.63, 3.8) is 0 Å². The molecule has 2 aromatic rings. The molecule has 0 aromatic heterocycles. The Morgan fingerprint density at radius 1 is 1.12 bits per heavy atom. The van der Waals surface area contributed by atoms with Crippen LogP contribution in [0, 0.1) is 5.92 Å². The number of hydrogen-bond acceptors (Lipinski definition) is 5. The fourth-order valence-corrected chi connectivity index (χ4v) is 5.08. The summed E-state index contributed by atoms with van der Waals surface area (Å²) in [5.41, 5.74) is 1.18. The van der Waals surface area contributed by atoms with Gasteiger partial charge in [0.1, 0.15) is 12.1 Å². The van der Waals surface area contributed by atoms with Gasteiger partial charge in [-0.25, -0.2) is 4.79 Å². The van der Waals surface area contributed by atoms with Crippen LogP contribution in [0.5, 0.6) is 0 Å². The number of hydrogen-bond donors (Lipinski definition) is 1. The largest absolute Gasteiger partial charge is 0.445 e. The molecule has 8 nitrogen and oxygen atoms in total. The van der Waals surface area contributed by atoms with E-state index in [0.29, 0.717) is 13.2 Å². The molecule has 174 valence electrons. The molecule has 4 rings (SSSR count). The molecule has 2 aliphatic heterocycles. The van der Waals surface area contributed by atoms with Gasteiger partial charge in [-0.2, -0.15) is 0 Å². The van der Waals surface area contributed by atoms with Crippen molar-refractivity contribution >= 4 is 23.6 Å². The number of nitrogens with zero attached hydrogens (tertiary/aromatic N) is 2. The zero-order chi connectivity index (χ0) is 23.6. The molecular weight excluding hydrogens is 422 g/mol. The second kappa shape index (κ2) is 9.23. The number of amides is 3. The molecule has 3 amide bonds. The maximum absolute atomic E-state index is 13.9. The Balaban J connectivity index is 1.73. The summed E-state index contributed by atoms with van der Waals surface area (Å²) in [6.45, 7) is 2.60. The summed E-state index contributed by atoms with van der Waals surface area (Å²) in [4.78, 5) is 43.2. The first-order valence-electron chi connectivity index (χ1n) is 11.0. The third-order valence-corrected chi connectivity index (χ3v) is 6.72. The first-order chi connectivity index (χ1) is 15.9. The van der Waals surface area contributed by atoms with Crippen LogP contribution in [0.15, 0.2) is 54.6 Å². The molecule has 3 atom stereocenters. The van der Waals surface area contributed by atoms with E-state index in [9.17, 15) is 14.4 Å². The van der Waals surface area contributed by atoms with Crippen LogP contribution in [-0.4, -0.2) is 62.2 Å². The third-order valence-electron chi connectivity index (χ3n) is 6.72. The first kappa shape index (κ1) is 22.8. The normalized spacial score (nSPS) is 23.7. The van der Waals surface area contributed by atoms with E-state index in [1.54, 1.807) is 26.0 Å². The fourth-order valence-electron chi connectivity index (χ4n) is 5.08. The van der Waals surface area contributed by atoms with E-state index in [0.717, 1.165) is 16.8 Å². The second-order valence-electron chi connectivity index (χ2n) is 8.51. The molecule has 0 unspecified atom stereocenters. The number of para-hydroxylation sites is 1. The molecule has 1 fully saturated rings. The summed E-state index contributed by atoms with van der Waals surface area (Å²) < 4.78 is 10.8. The number of rotatable bonds is 6. The Bertz CT molecular complexity index is 1040. The van der Waals surface area contributed by atoms with E-state index < -0.39 is 23.5 Å². The summed E-state index contributed by atoms with van der Waals surface area (Å²) >= 11 is 0. The maximum atomic E-state index is 13.9. The van der Waals surface area contributed by atoms with Crippen molar-refractivity contribution in [1.29, 1.82) is 0 Å². The van der Waals surface area contributed by atoms with Gasteiger partial charge < -0.3 is 19.7 Å². The van der Waals surface area contributed by atoms with Crippen LogP contribution < -0.4 is 10.2 Å². The van der Waals surface area contributed by atoms with Crippen LogP contribution in [0.3, 0.4) is 0 Å². The number of ether oxygens (including phenoxy) is 2. The number of fused-ring (bicyclic) bond motifs is 3. The van der Waals surface area contributed by atoms with Gasteiger partial charge in [0.2, 0.25) is 5.91 Å². The number of likely N-dealkylation sites (tertiary alicyclic amines) is 1. The van der Waals surface area contributed by atoms with E-state index in [1.165, 1.54) is 4.90 Å². The summed E-state index contributed by atoms with van der Waals surface area (Å²) in [6, 6.07) is 16.9. The van der Waals surface area contributed by atoms with Crippen LogP contribution in [0.25, 0.3) is 0 Å². The summed E-state index contributed by atoms with van der Waals surface area (Å²) in [5, 5.41) is 2.70. The van der Waals surface area contributed by atoms with Gasteiger partial charge in [0, 0.05) is 38.9 Å². The zero-order valence-electron chi connectivity index (χ0n) is 19.1. The van der Waals surface area contributed by atoms with Gasteiger partial charge in [-0.05, 0) is 24.1 Å². The average molecular weight is 452 g/mol. The predicted molar refractivity (Wildman–Crippen MR) is 123 cm³/mol. The van der Waals surface area contributed by atoms with Gasteiger partial charge in [-0.1, -0.05) is 48.5 Å². The minimum atomic E-state index is -1.27. The lowest BCUT2D eigenvalue weighted by Crippen LogP contribution is -2.62. The van der Waals surface area contributed by atoms with Crippen molar-refractivity contribution < 1.29 is 23.9 Å². The Morgan fingerprint density at radius 2 is 1.82 bits per heavy atom. The van der Waals surface area contributed by atoms with E-state index >= 15 is 0 Å². The lowest BCUT2D eigenvalue weighted by molar-refractivity contribution is -0.129. The number of anilines is 1. The lowest BCUT2D eigenvalue weighted by atomic mass is 9.72. The quantitative estimate of drug-likeness (QED) is 0.729. The highest BCUT2D eigenvalue weighted by Gasteiger charge is 2.63. The molecule has 8 heteroatoms. The van der Waals surface area contributed by atoms with Crippen LogP contribution in [-0.2, 0) is 25.7 Å². The van der Waals surface area contributed by atoms with Crippen LogP contribution in [0.4, 0.5) is 10.5 Å². The van der Waals surface area contributed by atoms with Gasteiger partial charge in [0.05, 0.1) is 12.5 Å². The highest BCUT2D eigenvalue weighted by Crippen LogP contribution is 2.53. The number of benzene rings is 2. The number of carbonyl (C=O) groups is 3. The highest BCUT2D eigenvalue weighted by atomic mass is 16.6. The van der Waals surface area contributed by atoms with Crippen LogP contribution in [0.1, 0.15) is 24.0 Å². The molecule has 1 saturated heterocycles. The average Bonchev–Trinajstić information content (AvgIpc) is 3.17. The van der Waals surface area contributed by atoms with Crippen molar-refractivity contribution in [2.24, 2.45) is 5.92 Å². The lowest BCUT2D eigenvalue weighted by Gasteiger charge is -2.46. The van der Waals surface area contributed by atoms with Gasteiger partial charge in [-0.15, -0.1) is 0 Å². The van der Waals surface area contributed by atoms with E-state index in [2.05, 4.69) is 5.32 Å². The van der Waals surface area contributed by atoms with Crippen molar-refractivity contribution in [2.45, 2.75) is 25.0 Å². The van der Waals surface area contributed by atoms with Crippen molar-refractivity contribution in [2.75, 3.05) is 38.8 Å². The molecule has 1 N–H and O–H groups in total. The number of methoxy groups -OCH3 is 1. The third kappa shape index (κ3) is 3.84. The SMILES string of the molecule is CNC(=O)[C@H]1CN(C(=O)OCc2ccccc2)[C@]2(C)C(=O)N(CCOC)c3ccccc3[C@H]12. The maximum Gasteiger partial charge on any atom is 0.411 e. The summed E-state index contributed by atoms with van der Waals surface area (Å²) in [5.74, 6) is -1.54. The van der Waals surface area contributed by atoms with Gasteiger partial charge in [-0.3, -0.25) is 14.5 Å². The molecule has 2 heterocycles. The highest BCUT2D eigenvalue weighted by molar-refractivity contribution is 6.07. The monoisotopic (exact) mass is 451 g/mol. The predicted octanol–water partition coefficient (Wildman–Crippen LogP) is 2.54. The number of carbonyl (C=O) groups excluding carboxylic acids is 3. The first-order valence-corrected chi connectivity index (χ1v) is 11.0. The zero-order valence-corrected chi connectivity index (χ0v) is 19.1. The molecule has 0 radical (unpaired) electrons. The minimum Gasteiger partial charge on any atom is -0.445 e. The van der Waals surface area contributed by atoms with Crippen molar-refractivity contribution in [3.05, 3.63) is 65.7 Å².